The Hall–Kier alpha value is -2.54. The highest BCUT2D eigenvalue weighted by atomic mass is 14.5. The molecule has 0 aliphatic carbocycles. The molecule has 0 heterocycles. The first-order chi connectivity index (χ1) is 11.5. The molecule has 0 fully saturated rings. The maximum Gasteiger partial charge on any atom is -0.00195 e. The van der Waals surface area contributed by atoms with E-state index in [0.717, 1.165) is 6.42 Å². The summed E-state index contributed by atoms with van der Waals surface area (Å²) in [4.78, 5) is 0. The molecule has 0 aliphatic heterocycles. The van der Waals surface area contributed by atoms with Crippen molar-refractivity contribution in [2.24, 2.45) is 5.73 Å². The fraction of sp³-hybridized carbons (Fsp3) is 0.217. The summed E-state index contributed by atoms with van der Waals surface area (Å²) in [6, 6.07) is 21.8. The van der Waals surface area contributed by atoms with Crippen LogP contribution in [0.2, 0.25) is 0 Å². The molecular weight excluding hydrogens is 290 g/mol. The van der Waals surface area contributed by atoms with Crippen molar-refractivity contribution in [3.8, 4) is 0 Å². The van der Waals surface area contributed by atoms with Crippen LogP contribution in [0.15, 0.2) is 66.9 Å². The largest absolute Gasteiger partial charge is 0.405 e. The zero-order valence-corrected chi connectivity index (χ0v) is 14.7. The van der Waals surface area contributed by atoms with Gasteiger partial charge in [-0.05, 0) is 57.1 Å². The van der Waals surface area contributed by atoms with Crippen molar-refractivity contribution in [1.29, 1.82) is 0 Å². The summed E-state index contributed by atoms with van der Waals surface area (Å²) < 4.78 is 0. The summed E-state index contributed by atoms with van der Waals surface area (Å²) in [5.74, 6) is 0. The normalized spacial score (nSPS) is 12.1. The van der Waals surface area contributed by atoms with E-state index >= 15 is 0 Å². The van der Waals surface area contributed by atoms with Gasteiger partial charge in [0, 0.05) is 0 Å². The van der Waals surface area contributed by atoms with Crippen LogP contribution in [-0.4, -0.2) is 0 Å². The first-order valence-electron chi connectivity index (χ1n) is 8.47. The summed E-state index contributed by atoms with van der Waals surface area (Å²) in [5.41, 5.74) is 11.1. The van der Waals surface area contributed by atoms with E-state index in [4.69, 9.17) is 5.73 Å². The van der Waals surface area contributed by atoms with Gasteiger partial charge in [0.05, 0.1) is 0 Å². The molecule has 0 bridgehead atoms. The average molecular weight is 315 g/mol. The van der Waals surface area contributed by atoms with Gasteiger partial charge in [-0.2, -0.15) is 0 Å². The van der Waals surface area contributed by atoms with Crippen LogP contribution in [0.4, 0.5) is 0 Å². The van der Waals surface area contributed by atoms with Gasteiger partial charge in [0.15, 0.2) is 0 Å². The zero-order valence-electron chi connectivity index (χ0n) is 14.7. The Bertz CT molecular complexity index is 882. The van der Waals surface area contributed by atoms with Gasteiger partial charge < -0.3 is 5.73 Å². The Morgan fingerprint density at radius 3 is 2.46 bits per heavy atom. The lowest BCUT2D eigenvalue weighted by Gasteiger charge is -2.20. The minimum atomic E-state index is 0.166. The van der Waals surface area contributed by atoms with E-state index in [1.807, 2.05) is 6.08 Å². The SMILES string of the molecule is CC(C)(C)c1cccc(Cc2ccc3ccccc3c2/C=C\N)c1. The van der Waals surface area contributed by atoms with Gasteiger partial charge in [-0.1, -0.05) is 81.4 Å². The maximum absolute atomic E-state index is 5.71. The summed E-state index contributed by atoms with van der Waals surface area (Å²) in [6.45, 7) is 6.76. The number of fused-ring (bicyclic) bond motifs is 1. The summed E-state index contributed by atoms with van der Waals surface area (Å²) in [6.07, 6.45) is 4.57. The molecule has 0 amide bonds. The summed E-state index contributed by atoms with van der Waals surface area (Å²) >= 11 is 0. The van der Waals surface area contributed by atoms with Crippen LogP contribution < -0.4 is 5.73 Å². The molecule has 0 radical (unpaired) electrons. The van der Waals surface area contributed by atoms with Crippen LogP contribution in [0.1, 0.15) is 43.0 Å². The van der Waals surface area contributed by atoms with Crippen molar-refractivity contribution >= 4 is 16.8 Å². The van der Waals surface area contributed by atoms with Gasteiger partial charge >= 0.3 is 0 Å². The lowest BCUT2D eigenvalue weighted by atomic mass is 9.85. The Balaban J connectivity index is 2.06. The van der Waals surface area contributed by atoms with Crippen molar-refractivity contribution in [3.63, 3.8) is 0 Å². The summed E-state index contributed by atoms with van der Waals surface area (Å²) in [7, 11) is 0. The predicted octanol–water partition coefficient (Wildman–Crippen LogP) is 5.66. The highest BCUT2D eigenvalue weighted by Crippen LogP contribution is 2.28. The fourth-order valence-corrected chi connectivity index (χ4v) is 3.16. The average Bonchev–Trinajstić information content (AvgIpc) is 2.56. The van der Waals surface area contributed by atoms with Crippen molar-refractivity contribution in [2.45, 2.75) is 32.6 Å². The van der Waals surface area contributed by atoms with Crippen molar-refractivity contribution in [2.75, 3.05) is 0 Å². The number of benzene rings is 3. The third-order valence-electron chi connectivity index (χ3n) is 4.51. The monoisotopic (exact) mass is 315 g/mol. The van der Waals surface area contributed by atoms with Gasteiger partial charge in [-0.15, -0.1) is 0 Å². The lowest BCUT2D eigenvalue weighted by Crippen LogP contribution is -2.11. The third kappa shape index (κ3) is 3.35. The second kappa shape index (κ2) is 6.52. The van der Waals surface area contributed by atoms with Crippen molar-refractivity contribution in [3.05, 3.63) is 89.1 Å². The Morgan fingerprint density at radius 1 is 0.917 bits per heavy atom. The molecule has 1 nitrogen and oxygen atoms in total. The fourth-order valence-electron chi connectivity index (χ4n) is 3.16. The smallest absolute Gasteiger partial charge is 0.00195 e. The molecular formula is C23H25N. The first kappa shape index (κ1) is 16.3. The van der Waals surface area contributed by atoms with Gasteiger partial charge in [-0.25, -0.2) is 0 Å². The lowest BCUT2D eigenvalue weighted by molar-refractivity contribution is 0.589. The number of hydrogen-bond acceptors (Lipinski definition) is 1. The zero-order chi connectivity index (χ0) is 17.2. The third-order valence-corrected chi connectivity index (χ3v) is 4.51. The molecule has 0 aromatic heterocycles. The minimum absolute atomic E-state index is 0.166. The molecule has 0 atom stereocenters. The standard InChI is InChI=1S/C23H25N/c1-23(2,3)20-9-6-7-17(16-20)15-19-12-11-18-8-4-5-10-21(18)22(19)13-14-24/h4-14,16H,15,24H2,1-3H3/b14-13-. The highest BCUT2D eigenvalue weighted by Gasteiger charge is 2.14. The Morgan fingerprint density at radius 2 is 1.71 bits per heavy atom. The van der Waals surface area contributed by atoms with Gasteiger partial charge in [-0.3, -0.25) is 0 Å². The summed E-state index contributed by atoms with van der Waals surface area (Å²) in [5, 5.41) is 2.50. The van der Waals surface area contributed by atoms with Crippen molar-refractivity contribution in [1.82, 2.24) is 0 Å². The molecule has 3 aromatic carbocycles. The highest BCUT2D eigenvalue weighted by molar-refractivity contribution is 5.92. The van der Waals surface area contributed by atoms with Crippen LogP contribution in [0.5, 0.6) is 0 Å². The molecule has 0 saturated carbocycles. The van der Waals surface area contributed by atoms with Crippen LogP contribution in [0.25, 0.3) is 16.8 Å². The molecule has 122 valence electrons. The van der Waals surface area contributed by atoms with Gasteiger partial charge in [0.2, 0.25) is 0 Å². The van der Waals surface area contributed by atoms with Crippen molar-refractivity contribution < 1.29 is 0 Å². The molecule has 0 unspecified atom stereocenters. The molecule has 3 rings (SSSR count). The molecule has 24 heavy (non-hydrogen) atoms. The number of rotatable bonds is 3. The molecule has 1 heteroatoms. The molecule has 2 N–H and O–H groups in total. The van der Waals surface area contributed by atoms with E-state index in [0.29, 0.717) is 0 Å². The quantitative estimate of drug-likeness (QED) is 0.663. The molecule has 0 spiro atoms. The predicted molar refractivity (Wildman–Crippen MR) is 105 cm³/mol. The Kier molecular flexibility index (Phi) is 4.44. The maximum atomic E-state index is 5.71. The van der Waals surface area contributed by atoms with E-state index in [1.165, 1.54) is 33.0 Å². The van der Waals surface area contributed by atoms with Crippen LogP contribution in [-0.2, 0) is 11.8 Å². The molecule has 0 saturated heterocycles. The Labute approximate surface area is 144 Å². The van der Waals surface area contributed by atoms with E-state index in [-0.39, 0.29) is 5.41 Å². The van der Waals surface area contributed by atoms with Crippen LogP contribution in [0.3, 0.4) is 0 Å². The molecule has 3 aromatic rings. The number of nitrogens with two attached hydrogens (primary N) is 1. The van der Waals surface area contributed by atoms with Crippen LogP contribution >= 0.6 is 0 Å². The first-order valence-corrected chi connectivity index (χ1v) is 8.47. The van der Waals surface area contributed by atoms with Gasteiger partial charge in [0.25, 0.3) is 0 Å². The molecule has 0 aliphatic rings. The van der Waals surface area contributed by atoms with E-state index in [1.54, 1.807) is 6.20 Å². The van der Waals surface area contributed by atoms with E-state index in [9.17, 15) is 0 Å². The van der Waals surface area contributed by atoms with Crippen LogP contribution in [0, 0.1) is 0 Å². The number of hydrogen-bond donors (Lipinski definition) is 1. The topological polar surface area (TPSA) is 26.0 Å². The van der Waals surface area contributed by atoms with E-state index < -0.39 is 0 Å². The van der Waals surface area contributed by atoms with E-state index in [2.05, 4.69) is 81.4 Å². The second-order valence-corrected chi connectivity index (χ2v) is 7.35. The minimum Gasteiger partial charge on any atom is -0.405 e. The second-order valence-electron chi connectivity index (χ2n) is 7.35. The van der Waals surface area contributed by atoms with Gasteiger partial charge in [0.1, 0.15) is 0 Å².